The lowest BCUT2D eigenvalue weighted by Crippen LogP contribution is -2.23. The molecule has 0 N–H and O–H groups in total. The summed E-state index contributed by atoms with van der Waals surface area (Å²) < 4.78 is 0. The fourth-order valence-corrected chi connectivity index (χ4v) is 3.04. The highest BCUT2D eigenvalue weighted by Crippen LogP contribution is 2.11. The maximum absolute atomic E-state index is 2.54. The average molecular weight is 272 g/mol. The van der Waals surface area contributed by atoms with Gasteiger partial charge in [0.25, 0.3) is 0 Å². The number of rotatable bonds is 14. The molecule has 0 saturated heterocycles. The molecule has 110 valence electrons. The van der Waals surface area contributed by atoms with E-state index in [-0.39, 0.29) is 0 Å². The summed E-state index contributed by atoms with van der Waals surface area (Å²) in [7, 11) is 1.41. The molecule has 0 heterocycles. The van der Waals surface area contributed by atoms with E-state index in [0.29, 0.717) is 0 Å². The third-order valence-electron chi connectivity index (χ3n) is 3.97. The van der Waals surface area contributed by atoms with Crippen molar-refractivity contribution >= 4 is 10.2 Å². The van der Waals surface area contributed by atoms with Crippen LogP contribution in [0.1, 0.15) is 78.1 Å². The summed E-state index contributed by atoms with van der Waals surface area (Å²) >= 11 is 0. The second-order valence-corrected chi connectivity index (χ2v) is 6.56. The van der Waals surface area contributed by atoms with E-state index >= 15 is 0 Å². The van der Waals surface area contributed by atoms with E-state index in [4.69, 9.17) is 0 Å². The Morgan fingerprint density at radius 1 is 0.611 bits per heavy atom. The van der Waals surface area contributed by atoms with Crippen molar-refractivity contribution in [2.45, 2.75) is 84.1 Å². The Labute approximate surface area is 119 Å². The zero-order valence-corrected chi connectivity index (χ0v) is 15.3. The molecule has 0 rings (SSSR count). The Kier molecular flexibility index (Phi) is 15.4. The van der Waals surface area contributed by atoms with E-state index in [2.05, 4.69) is 18.7 Å². The van der Waals surface area contributed by atoms with Gasteiger partial charge in [0.2, 0.25) is 0 Å². The molecule has 1 nitrogen and oxygen atoms in total. The molecule has 2 heteroatoms. The Hall–Kier alpha value is 0.177. The molecule has 0 aromatic heterocycles. The van der Waals surface area contributed by atoms with Crippen LogP contribution in [0.4, 0.5) is 0 Å². The molecule has 0 amide bonds. The van der Waals surface area contributed by atoms with E-state index in [0.717, 1.165) is 0 Å². The van der Waals surface area contributed by atoms with Crippen LogP contribution < -0.4 is 0 Å². The minimum Gasteiger partial charge on any atom is -0.304 e. The smallest absolute Gasteiger partial charge is 0.00279 e. The summed E-state index contributed by atoms with van der Waals surface area (Å²) in [5.41, 5.74) is 0. The Balaban J connectivity index is 3.03. The van der Waals surface area contributed by atoms with Gasteiger partial charge in [-0.1, -0.05) is 77.7 Å². The molecule has 0 spiro atoms. The highest BCUT2D eigenvalue weighted by molar-refractivity contribution is 6.08. The van der Waals surface area contributed by atoms with Crippen LogP contribution >= 0.6 is 0 Å². The Morgan fingerprint density at radius 3 is 1.39 bits per heavy atom. The number of unbranched alkanes of at least 4 members (excludes halogenated alkanes) is 9. The van der Waals surface area contributed by atoms with Gasteiger partial charge < -0.3 is 4.90 Å². The van der Waals surface area contributed by atoms with Gasteiger partial charge in [-0.2, -0.15) is 0 Å². The largest absolute Gasteiger partial charge is 0.304 e. The second kappa shape index (κ2) is 15.2. The summed E-state index contributed by atoms with van der Waals surface area (Å²) in [4.78, 5) is 2.54. The van der Waals surface area contributed by atoms with Crippen molar-refractivity contribution in [1.29, 1.82) is 0 Å². The van der Waals surface area contributed by atoms with Gasteiger partial charge >= 0.3 is 0 Å². The molecule has 18 heavy (non-hydrogen) atoms. The van der Waals surface area contributed by atoms with E-state index in [1.807, 2.05) is 0 Å². The Bertz CT molecular complexity index is 146. The van der Waals surface area contributed by atoms with Crippen molar-refractivity contribution < 1.29 is 0 Å². The van der Waals surface area contributed by atoms with Gasteiger partial charge in [0.1, 0.15) is 0 Å². The predicted octanol–water partition coefficient (Wildman–Crippen LogP) is 4.01. The van der Waals surface area contributed by atoms with Crippen LogP contribution in [0.3, 0.4) is 0 Å². The fourth-order valence-electron chi connectivity index (χ4n) is 2.54. The minimum absolute atomic E-state index is 1.22. The first-order valence-corrected chi connectivity index (χ1v) is 9.98. The first-order valence-electron chi connectivity index (χ1n) is 8.57. The SMILES string of the molecule is CCN(CC)CCCCCCCCCCCC[SiH3]. The predicted molar refractivity (Wildman–Crippen MR) is 88.7 cm³/mol. The van der Waals surface area contributed by atoms with Crippen LogP contribution in [0.5, 0.6) is 0 Å². The molecule has 0 bridgehead atoms. The topological polar surface area (TPSA) is 3.24 Å². The lowest BCUT2D eigenvalue weighted by atomic mass is 10.1. The maximum atomic E-state index is 2.54. The quantitative estimate of drug-likeness (QED) is 0.341. The number of hydrogen-bond donors (Lipinski definition) is 0. The van der Waals surface area contributed by atoms with E-state index in [1.54, 1.807) is 0 Å². The third-order valence-corrected chi connectivity index (χ3v) is 4.68. The zero-order chi connectivity index (χ0) is 13.5. The van der Waals surface area contributed by atoms with Crippen LogP contribution in [0.15, 0.2) is 0 Å². The van der Waals surface area contributed by atoms with Gasteiger partial charge in [0.05, 0.1) is 0 Å². The van der Waals surface area contributed by atoms with Crippen LogP contribution in [0, 0.1) is 0 Å². The minimum atomic E-state index is 1.22. The second-order valence-electron chi connectivity index (χ2n) is 5.56. The molecule has 0 fully saturated rings. The monoisotopic (exact) mass is 271 g/mol. The Morgan fingerprint density at radius 2 is 1.00 bits per heavy atom. The fraction of sp³-hybridized carbons (Fsp3) is 1.00. The highest BCUT2D eigenvalue weighted by Gasteiger charge is 1.98. The van der Waals surface area contributed by atoms with Crippen molar-refractivity contribution in [2.75, 3.05) is 19.6 Å². The molecule has 0 saturated carbocycles. The van der Waals surface area contributed by atoms with E-state index < -0.39 is 0 Å². The standard InChI is InChI=1S/C16H37NSi/c1-3-17(4-2)15-13-11-9-7-5-6-8-10-12-14-16-18/h3-16H2,1-2,18H3. The molecule has 0 aromatic carbocycles. The van der Waals surface area contributed by atoms with Crippen molar-refractivity contribution in [1.82, 2.24) is 4.90 Å². The van der Waals surface area contributed by atoms with Crippen LogP contribution in [-0.4, -0.2) is 34.8 Å². The van der Waals surface area contributed by atoms with Crippen LogP contribution in [0.25, 0.3) is 0 Å². The maximum Gasteiger partial charge on any atom is 0.00279 e. The van der Waals surface area contributed by atoms with Gasteiger partial charge in [-0.25, -0.2) is 0 Å². The summed E-state index contributed by atoms with van der Waals surface area (Å²) in [5.74, 6) is 0. The number of nitrogens with zero attached hydrogens (tertiary/aromatic N) is 1. The van der Waals surface area contributed by atoms with Crippen molar-refractivity contribution in [3.63, 3.8) is 0 Å². The summed E-state index contributed by atoms with van der Waals surface area (Å²) in [6.45, 7) is 8.29. The van der Waals surface area contributed by atoms with Crippen LogP contribution in [-0.2, 0) is 0 Å². The van der Waals surface area contributed by atoms with Gasteiger partial charge in [-0.15, -0.1) is 0 Å². The normalized spacial score (nSPS) is 11.5. The lowest BCUT2D eigenvalue weighted by Gasteiger charge is -2.17. The lowest BCUT2D eigenvalue weighted by molar-refractivity contribution is 0.295. The van der Waals surface area contributed by atoms with E-state index in [1.165, 1.54) is 100 Å². The molecule has 0 atom stereocenters. The van der Waals surface area contributed by atoms with Crippen molar-refractivity contribution in [3.8, 4) is 0 Å². The van der Waals surface area contributed by atoms with Gasteiger partial charge in [0.15, 0.2) is 0 Å². The summed E-state index contributed by atoms with van der Waals surface area (Å²) in [6, 6.07) is 1.51. The zero-order valence-electron chi connectivity index (χ0n) is 13.3. The van der Waals surface area contributed by atoms with Gasteiger partial charge in [-0.3, -0.25) is 0 Å². The molecule has 0 aliphatic heterocycles. The highest BCUT2D eigenvalue weighted by atomic mass is 28.1. The molecular weight excluding hydrogens is 234 g/mol. The first-order chi connectivity index (χ1) is 8.85. The molecule has 0 unspecified atom stereocenters. The number of hydrogen-bond acceptors (Lipinski definition) is 1. The summed E-state index contributed by atoms with van der Waals surface area (Å²) in [5, 5.41) is 0. The summed E-state index contributed by atoms with van der Waals surface area (Å²) in [6.07, 6.45) is 14.7. The van der Waals surface area contributed by atoms with Crippen LogP contribution in [0.2, 0.25) is 6.04 Å². The van der Waals surface area contributed by atoms with Crippen molar-refractivity contribution in [3.05, 3.63) is 0 Å². The van der Waals surface area contributed by atoms with Gasteiger partial charge in [-0.05, 0) is 26.1 Å². The average Bonchev–Trinajstić information content (AvgIpc) is 2.40. The first kappa shape index (κ1) is 18.2. The molecule has 0 aliphatic carbocycles. The molecule has 0 radical (unpaired) electrons. The van der Waals surface area contributed by atoms with Crippen molar-refractivity contribution in [2.24, 2.45) is 0 Å². The van der Waals surface area contributed by atoms with Gasteiger partial charge in [0, 0.05) is 10.2 Å². The van der Waals surface area contributed by atoms with E-state index in [9.17, 15) is 0 Å². The molecule has 0 aromatic rings. The molecule has 0 aliphatic rings. The molecular formula is C16H37NSi. The third kappa shape index (κ3) is 12.6.